The maximum atomic E-state index is 5.74. The fraction of sp³-hybridized carbons (Fsp3) is 1.00. The van der Waals surface area contributed by atoms with Crippen molar-refractivity contribution in [3.63, 3.8) is 0 Å². The van der Waals surface area contributed by atoms with Crippen molar-refractivity contribution >= 4 is 0 Å². The molecular weight excluding hydrogens is 150 g/mol. The summed E-state index contributed by atoms with van der Waals surface area (Å²) in [7, 11) is 0. The molecule has 0 amide bonds. The SMILES string of the molecule is CC(C)C(C)(C)COC1CNC1. The first-order chi connectivity index (χ1) is 5.52. The van der Waals surface area contributed by atoms with Gasteiger partial charge in [-0.05, 0) is 11.3 Å². The van der Waals surface area contributed by atoms with Gasteiger partial charge in [0, 0.05) is 13.1 Å². The van der Waals surface area contributed by atoms with Gasteiger partial charge in [-0.1, -0.05) is 27.7 Å². The normalized spacial score (nSPS) is 19.8. The van der Waals surface area contributed by atoms with Gasteiger partial charge in [-0.25, -0.2) is 0 Å². The summed E-state index contributed by atoms with van der Waals surface area (Å²) in [6.07, 6.45) is 0.475. The van der Waals surface area contributed by atoms with Gasteiger partial charge < -0.3 is 10.1 Å². The number of rotatable bonds is 4. The first-order valence-corrected chi connectivity index (χ1v) is 4.84. The second-order valence-corrected chi connectivity index (χ2v) is 4.73. The van der Waals surface area contributed by atoms with Gasteiger partial charge in [0.15, 0.2) is 0 Å². The molecule has 72 valence electrons. The lowest BCUT2D eigenvalue weighted by molar-refractivity contribution is -0.0352. The zero-order chi connectivity index (χ0) is 9.19. The molecule has 12 heavy (non-hydrogen) atoms. The molecule has 0 unspecified atom stereocenters. The third kappa shape index (κ3) is 2.46. The molecule has 1 aliphatic heterocycles. The molecule has 0 saturated carbocycles. The molecule has 2 nitrogen and oxygen atoms in total. The van der Waals surface area contributed by atoms with E-state index in [1.807, 2.05) is 0 Å². The van der Waals surface area contributed by atoms with E-state index in [9.17, 15) is 0 Å². The van der Waals surface area contributed by atoms with Gasteiger partial charge >= 0.3 is 0 Å². The Labute approximate surface area is 75.7 Å². The largest absolute Gasteiger partial charge is 0.375 e. The van der Waals surface area contributed by atoms with E-state index in [-0.39, 0.29) is 0 Å². The number of hydrogen-bond acceptors (Lipinski definition) is 2. The minimum absolute atomic E-state index is 0.315. The molecule has 1 saturated heterocycles. The molecule has 0 radical (unpaired) electrons. The van der Waals surface area contributed by atoms with Crippen molar-refractivity contribution < 1.29 is 4.74 Å². The Kier molecular flexibility index (Phi) is 3.13. The van der Waals surface area contributed by atoms with Gasteiger partial charge in [-0.2, -0.15) is 0 Å². The molecule has 1 rings (SSSR count). The summed E-state index contributed by atoms with van der Waals surface area (Å²) in [5, 5.41) is 3.20. The van der Waals surface area contributed by atoms with E-state index >= 15 is 0 Å². The highest BCUT2D eigenvalue weighted by Gasteiger charge is 2.26. The maximum Gasteiger partial charge on any atom is 0.0823 e. The second-order valence-electron chi connectivity index (χ2n) is 4.73. The van der Waals surface area contributed by atoms with Crippen molar-refractivity contribution in [2.75, 3.05) is 19.7 Å². The van der Waals surface area contributed by atoms with Crippen LogP contribution in [-0.4, -0.2) is 25.8 Å². The molecule has 0 spiro atoms. The van der Waals surface area contributed by atoms with Crippen LogP contribution in [0.3, 0.4) is 0 Å². The molecule has 0 aromatic rings. The van der Waals surface area contributed by atoms with Crippen LogP contribution in [0.2, 0.25) is 0 Å². The summed E-state index contributed by atoms with van der Waals surface area (Å²) in [6.45, 7) is 12.0. The molecule has 1 N–H and O–H groups in total. The number of hydrogen-bond donors (Lipinski definition) is 1. The van der Waals surface area contributed by atoms with Crippen molar-refractivity contribution in [1.82, 2.24) is 5.32 Å². The van der Waals surface area contributed by atoms with Gasteiger partial charge in [-0.3, -0.25) is 0 Å². The highest BCUT2D eigenvalue weighted by Crippen LogP contribution is 2.26. The first kappa shape index (κ1) is 10.0. The third-order valence-electron chi connectivity index (χ3n) is 3.00. The van der Waals surface area contributed by atoms with Gasteiger partial charge in [-0.15, -0.1) is 0 Å². The first-order valence-electron chi connectivity index (χ1n) is 4.84. The number of ether oxygens (including phenoxy) is 1. The molecule has 0 aromatic carbocycles. The summed E-state index contributed by atoms with van der Waals surface area (Å²) in [5.41, 5.74) is 0.315. The summed E-state index contributed by atoms with van der Waals surface area (Å²) in [5.74, 6) is 0.686. The fourth-order valence-corrected chi connectivity index (χ4v) is 0.879. The predicted octanol–water partition coefficient (Wildman–Crippen LogP) is 1.66. The lowest BCUT2D eigenvalue weighted by Gasteiger charge is -2.34. The standard InChI is InChI=1S/C10H21NO/c1-8(2)10(3,4)7-12-9-5-11-6-9/h8-9,11H,5-7H2,1-4H3. The van der Waals surface area contributed by atoms with Crippen LogP contribution in [0, 0.1) is 11.3 Å². The van der Waals surface area contributed by atoms with Crippen molar-refractivity contribution in [2.45, 2.75) is 33.8 Å². The molecule has 0 aliphatic carbocycles. The van der Waals surface area contributed by atoms with E-state index in [0.29, 0.717) is 17.4 Å². The Morgan fingerprint density at radius 3 is 2.33 bits per heavy atom. The lowest BCUT2D eigenvalue weighted by atomic mass is 9.82. The third-order valence-corrected chi connectivity index (χ3v) is 3.00. The summed E-state index contributed by atoms with van der Waals surface area (Å²) < 4.78 is 5.74. The topological polar surface area (TPSA) is 21.3 Å². The van der Waals surface area contributed by atoms with Gasteiger partial charge in [0.25, 0.3) is 0 Å². The molecule has 2 heteroatoms. The van der Waals surface area contributed by atoms with Crippen molar-refractivity contribution in [1.29, 1.82) is 0 Å². The monoisotopic (exact) mass is 171 g/mol. The van der Waals surface area contributed by atoms with Crippen LogP contribution in [0.25, 0.3) is 0 Å². The predicted molar refractivity (Wildman–Crippen MR) is 51.2 cm³/mol. The molecule has 0 atom stereocenters. The van der Waals surface area contributed by atoms with E-state index in [1.165, 1.54) is 0 Å². The van der Waals surface area contributed by atoms with Gasteiger partial charge in [0.1, 0.15) is 0 Å². The Bertz CT molecular complexity index is 139. The fourth-order valence-electron chi connectivity index (χ4n) is 0.879. The molecule has 0 aromatic heterocycles. The molecule has 0 bridgehead atoms. The molecular formula is C10H21NO. The van der Waals surface area contributed by atoms with E-state index < -0.39 is 0 Å². The minimum Gasteiger partial charge on any atom is -0.375 e. The van der Waals surface area contributed by atoms with E-state index in [4.69, 9.17) is 4.74 Å². The summed E-state index contributed by atoms with van der Waals surface area (Å²) in [4.78, 5) is 0. The van der Waals surface area contributed by atoms with E-state index in [1.54, 1.807) is 0 Å². The van der Waals surface area contributed by atoms with Crippen LogP contribution in [0.1, 0.15) is 27.7 Å². The highest BCUT2D eigenvalue weighted by atomic mass is 16.5. The average molecular weight is 171 g/mol. The maximum absolute atomic E-state index is 5.74. The summed E-state index contributed by atoms with van der Waals surface area (Å²) >= 11 is 0. The molecule has 1 fully saturated rings. The van der Waals surface area contributed by atoms with Crippen LogP contribution in [0.15, 0.2) is 0 Å². The average Bonchev–Trinajstić information content (AvgIpc) is 1.83. The van der Waals surface area contributed by atoms with Crippen LogP contribution in [0.5, 0.6) is 0 Å². The zero-order valence-corrected chi connectivity index (χ0v) is 8.68. The van der Waals surface area contributed by atoms with Crippen molar-refractivity contribution in [2.24, 2.45) is 11.3 Å². The van der Waals surface area contributed by atoms with Crippen LogP contribution < -0.4 is 5.32 Å². The Morgan fingerprint density at radius 1 is 1.42 bits per heavy atom. The van der Waals surface area contributed by atoms with Crippen molar-refractivity contribution in [3.05, 3.63) is 0 Å². The van der Waals surface area contributed by atoms with Crippen LogP contribution >= 0.6 is 0 Å². The quantitative estimate of drug-likeness (QED) is 0.694. The van der Waals surface area contributed by atoms with Crippen LogP contribution in [-0.2, 0) is 4.74 Å². The second kappa shape index (κ2) is 3.75. The Morgan fingerprint density at radius 2 is 2.00 bits per heavy atom. The summed E-state index contributed by atoms with van der Waals surface area (Å²) in [6, 6.07) is 0. The minimum atomic E-state index is 0.315. The molecule has 1 aliphatic rings. The Balaban J connectivity index is 2.19. The number of nitrogens with one attached hydrogen (secondary N) is 1. The van der Waals surface area contributed by atoms with Crippen molar-refractivity contribution in [3.8, 4) is 0 Å². The molecule has 1 heterocycles. The van der Waals surface area contributed by atoms with E-state index in [0.717, 1.165) is 19.7 Å². The van der Waals surface area contributed by atoms with Gasteiger partial charge in [0.2, 0.25) is 0 Å². The van der Waals surface area contributed by atoms with E-state index in [2.05, 4.69) is 33.0 Å². The van der Waals surface area contributed by atoms with Gasteiger partial charge in [0.05, 0.1) is 12.7 Å². The Hall–Kier alpha value is -0.0800. The van der Waals surface area contributed by atoms with Crippen LogP contribution in [0.4, 0.5) is 0 Å². The zero-order valence-electron chi connectivity index (χ0n) is 8.68. The smallest absolute Gasteiger partial charge is 0.0823 e. The highest BCUT2D eigenvalue weighted by molar-refractivity contribution is 4.78. The lowest BCUT2D eigenvalue weighted by Crippen LogP contribution is -2.49.